The summed E-state index contributed by atoms with van der Waals surface area (Å²) in [5.41, 5.74) is 0. The van der Waals surface area contributed by atoms with Crippen molar-refractivity contribution in [2.24, 2.45) is 0 Å². The van der Waals surface area contributed by atoms with Gasteiger partial charge in [0, 0.05) is 10.0 Å². The van der Waals surface area contributed by atoms with Gasteiger partial charge in [0.2, 0.25) is 0 Å². The fourth-order valence-electron chi connectivity index (χ4n) is 1.85. The molecule has 2 rings (SSSR count). The van der Waals surface area contributed by atoms with E-state index in [4.69, 9.17) is 70.3 Å². The molecule has 0 aliphatic heterocycles. The van der Waals surface area contributed by atoms with Crippen LogP contribution in [-0.4, -0.2) is 25.4 Å². The van der Waals surface area contributed by atoms with Gasteiger partial charge in [-0.2, -0.15) is 0 Å². The zero-order valence-electron chi connectivity index (χ0n) is 15.4. The molecular weight excluding hydrogens is 503 g/mol. The number of carbonyl (C=O) groups excluding carboxylic acids is 1. The molecule has 13 heteroatoms. The Kier molecular flexibility index (Phi) is 10.0. The van der Waals surface area contributed by atoms with Gasteiger partial charge in [0.05, 0.1) is 23.2 Å². The number of benzene rings is 2. The van der Waals surface area contributed by atoms with Gasteiger partial charge in [-0.15, -0.1) is 0 Å². The molecule has 1 N–H and O–H groups in total. The van der Waals surface area contributed by atoms with Crippen molar-refractivity contribution in [3.8, 4) is 11.5 Å². The van der Waals surface area contributed by atoms with Crippen molar-refractivity contribution >= 4 is 60.0 Å². The number of nitrogens with one attached hydrogen (secondary N) is 1. The molecule has 0 atom stereocenters. The first-order valence-electron chi connectivity index (χ1n) is 8.30. The van der Waals surface area contributed by atoms with Gasteiger partial charge < -0.3 is 14.5 Å². The van der Waals surface area contributed by atoms with Crippen LogP contribution in [0.1, 0.15) is 6.92 Å². The van der Waals surface area contributed by atoms with E-state index >= 15 is 0 Å². The summed E-state index contributed by atoms with van der Waals surface area (Å²) < 4.78 is 27.7. The van der Waals surface area contributed by atoms with Crippen LogP contribution >= 0.6 is 54.0 Å². The lowest BCUT2D eigenvalue weighted by Crippen LogP contribution is -2.27. The average molecular weight is 519 g/mol. The molecule has 0 saturated heterocycles. The third-order valence-electron chi connectivity index (χ3n) is 3.15. The predicted molar refractivity (Wildman–Crippen MR) is 113 cm³/mol. The Hall–Kier alpha value is -1.22. The number of hydrogen-bond acceptors (Lipinski definition) is 8. The second-order valence-corrected chi connectivity index (χ2v) is 8.99. The molecule has 0 aliphatic rings. The number of esters is 1. The molecule has 0 amide bonds. The number of carbonyl (C=O) groups is 1. The van der Waals surface area contributed by atoms with E-state index in [9.17, 15) is 9.36 Å². The van der Waals surface area contributed by atoms with E-state index in [0.717, 1.165) is 0 Å². The fourth-order valence-corrected chi connectivity index (χ4v) is 3.64. The van der Waals surface area contributed by atoms with Gasteiger partial charge in [0.1, 0.15) is 6.29 Å². The van der Waals surface area contributed by atoms with E-state index in [1.165, 1.54) is 36.4 Å². The third kappa shape index (κ3) is 8.13. The highest BCUT2D eigenvalue weighted by atomic mass is 35.5. The van der Waals surface area contributed by atoms with Crippen LogP contribution in [0.15, 0.2) is 36.4 Å². The molecule has 30 heavy (non-hydrogen) atoms. The summed E-state index contributed by atoms with van der Waals surface area (Å²) >= 11 is 23.6. The molecule has 2 aromatic rings. The van der Waals surface area contributed by atoms with Crippen LogP contribution in [0.2, 0.25) is 20.1 Å². The Morgan fingerprint density at radius 3 is 1.87 bits per heavy atom. The lowest BCUT2D eigenvalue weighted by Gasteiger charge is -2.17. The van der Waals surface area contributed by atoms with E-state index in [1.54, 1.807) is 6.92 Å². The maximum absolute atomic E-state index is 13.0. The van der Waals surface area contributed by atoms with E-state index in [-0.39, 0.29) is 34.7 Å². The minimum absolute atomic E-state index is 0.0276. The summed E-state index contributed by atoms with van der Waals surface area (Å²) in [6.45, 7) is 1.60. The second kappa shape index (κ2) is 12.0. The maximum atomic E-state index is 13.0. The lowest BCUT2D eigenvalue weighted by molar-refractivity contribution is -0.171. The van der Waals surface area contributed by atoms with Crippen molar-refractivity contribution in [3.05, 3.63) is 56.5 Å². The fraction of sp³-hybridized carbons (Fsp3) is 0.235. The first kappa shape index (κ1) is 25.0. The monoisotopic (exact) mass is 517 g/mol. The summed E-state index contributed by atoms with van der Waals surface area (Å²) in [4.78, 5) is 21.5. The first-order valence-corrected chi connectivity index (χ1v) is 11.5. The minimum atomic E-state index is -4.14. The molecule has 0 aromatic heterocycles. The van der Waals surface area contributed by atoms with E-state index in [0.29, 0.717) is 10.0 Å². The van der Waals surface area contributed by atoms with Crippen LogP contribution in [0.25, 0.3) is 0 Å². The normalized spacial score (nSPS) is 11.2. The predicted octanol–water partition coefficient (Wildman–Crippen LogP) is 5.92. The summed E-state index contributed by atoms with van der Waals surface area (Å²) in [7, 11) is -4.14. The number of halogens is 4. The molecule has 0 aliphatic carbocycles. The Morgan fingerprint density at radius 2 is 1.43 bits per heavy atom. The second-order valence-electron chi connectivity index (χ2n) is 5.47. The van der Waals surface area contributed by atoms with Crippen molar-refractivity contribution < 1.29 is 33.2 Å². The van der Waals surface area contributed by atoms with Crippen molar-refractivity contribution in [1.29, 1.82) is 0 Å². The molecule has 0 heterocycles. The third-order valence-corrected chi connectivity index (χ3v) is 5.42. The van der Waals surface area contributed by atoms with Crippen LogP contribution < -0.4 is 15.1 Å². The first-order chi connectivity index (χ1) is 14.2. The Morgan fingerprint density at radius 1 is 0.933 bits per heavy atom. The van der Waals surface area contributed by atoms with Gasteiger partial charge in [0.15, 0.2) is 11.5 Å². The summed E-state index contributed by atoms with van der Waals surface area (Å²) in [6, 6.07) is 8.57. The van der Waals surface area contributed by atoms with Gasteiger partial charge in [-0.3, -0.25) is 14.7 Å². The van der Waals surface area contributed by atoms with Gasteiger partial charge in [-0.25, -0.2) is 0 Å². The van der Waals surface area contributed by atoms with E-state index in [1.807, 2.05) is 0 Å². The van der Waals surface area contributed by atoms with Crippen molar-refractivity contribution in [2.45, 2.75) is 6.92 Å². The highest BCUT2D eigenvalue weighted by molar-refractivity contribution is 7.53. The van der Waals surface area contributed by atoms with E-state index < -0.39 is 19.9 Å². The van der Waals surface area contributed by atoms with Gasteiger partial charge in [-0.1, -0.05) is 55.8 Å². The maximum Gasteiger partial charge on any atom is 0.418 e. The Balaban J connectivity index is 2.07. The van der Waals surface area contributed by atoms with E-state index in [2.05, 4.69) is 5.32 Å². The minimum Gasteiger partial charge on any atom is -0.465 e. The molecule has 0 unspecified atom stereocenters. The number of ether oxygens (including phenoxy) is 1. The standard InChI is InChI=1S/C17H16Cl4NO7P/c1-2-25-17(23)9-22-10-30(24,28-26-15-5-3-11(18)7-13(15)20)29-27-16-6-4-12(19)8-14(16)21/h3-8,22H,2,9-10H2,1H3. The highest BCUT2D eigenvalue weighted by Crippen LogP contribution is 2.48. The highest BCUT2D eigenvalue weighted by Gasteiger charge is 2.31. The van der Waals surface area contributed by atoms with Crippen LogP contribution in [-0.2, 0) is 23.4 Å². The van der Waals surface area contributed by atoms with Gasteiger partial charge in [0.25, 0.3) is 0 Å². The summed E-state index contributed by atoms with van der Waals surface area (Å²) in [6.07, 6.45) is -0.470. The molecule has 0 bridgehead atoms. The zero-order chi connectivity index (χ0) is 22.1. The largest absolute Gasteiger partial charge is 0.465 e. The van der Waals surface area contributed by atoms with Gasteiger partial charge >= 0.3 is 13.6 Å². The topological polar surface area (TPSA) is 92.3 Å². The van der Waals surface area contributed by atoms with Crippen LogP contribution in [0, 0.1) is 0 Å². The van der Waals surface area contributed by atoms with Crippen LogP contribution in [0.5, 0.6) is 11.5 Å². The molecule has 0 spiro atoms. The molecular formula is C17H16Cl4NO7P. The van der Waals surface area contributed by atoms with Crippen molar-refractivity contribution in [2.75, 3.05) is 19.4 Å². The van der Waals surface area contributed by atoms with Gasteiger partial charge in [-0.05, 0) is 43.3 Å². The Bertz CT molecular complexity index is 871. The average Bonchev–Trinajstić information content (AvgIpc) is 2.67. The quantitative estimate of drug-likeness (QED) is 0.169. The molecule has 0 radical (unpaired) electrons. The molecule has 0 saturated carbocycles. The molecule has 164 valence electrons. The SMILES string of the molecule is CCOC(=O)CNCP(=O)(OOc1ccc(Cl)cc1Cl)OOc1ccc(Cl)cc1Cl. The summed E-state index contributed by atoms with van der Waals surface area (Å²) in [5.74, 6) is -0.507. The summed E-state index contributed by atoms with van der Waals surface area (Å²) in [5, 5.41) is 3.52. The smallest absolute Gasteiger partial charge is 0.418 e. The lowest BCUT2D eigenvalue weighted by atomic mass is 10.3. The van der Waals surface area contributed by atoms with Crippen molar-refractivity contribution in [1.82, 2.24) is 5.32 Å². The zero-order valence-corrected chi connectivity index (χ0v) is 19.3. The molecule has 0 fully saturated rings. The molecule has 2 aromatic carbocycles. The molecule has 8 nitrogen and oxygen atoms in total. The number of rotatable bonds is 11. The van der Waals surface area contributed by atoms with Crippen molar-refractivity contribution in [3.63, 3.8) is 0 Å². The van der Waals surface area contributed by atoms with Crippen LogP contribution in [0.3, 0.4) is 0 Å². The number of hydrogen-bond donors (Lipinski definition) is 1. The van der Waals surface area contributed by atoms with Crippen LogP contribution in [0.4, 0.5) is 0 Å². The Labute approximate surface area is 192 Å².